The molecule has 0 unspecified atom stereocenters. The largest absolute Gasteiger partial charge is 0.397 e. The highest BCUT2D eigenvalue weighted by Gasteiger charge is 2.10. The first-order valence-electron chi connectivity index (χ1n) is 6.44. The summed E-state index contributed by atoms with van der Waals surface area (Å²) in [5.41, 5.74) is 14.6. The second-order valence-electron chi connectivity index (χ2n) is 4.70. The normalized spacial score (nSPS) is 11.7. The molecule has 1 amide bonds. The molecule has 5 nitrogen and oxygen atoms in total. The van der Waals surface area contributed by atoms with Crippen LogP contribution in [0.4, 0.5) is 5.69 Å². The number of nitrogens with two attached hydrogens (primary N) is 2. The molecule has 3 rings (SSSR count). The number of carbonyl (C=O) groups is 1. The lowest BCUT2D eigenvalue weighted by Crippen LogP contribution is -2.12. The number of hydrogen-bond donors (Lipinski definition) is 3. The van der Waals surface area contributed by atoms with Crippen LogP contribution < -0.4 is 11.5 Å². The summed E-state index contributed by atoms with van der Waals surface area (Å²) in [6, 6.07) is 11.1. The fourth-order valence-electron chi connectivity index (χ4n) is 2.23. The minimum absolute atomic E-state index is 0.443. The Morgan fingerprint density at radius 2 is 2.00 bits per heavy atom. The number of nitrogen functional groups attached to an aromatic ring is 1. The molecule has 3 aromatic rings. The number of aromatic nitrogens is 2. The second-order valence-corrected chi connectivity index (χ2v) is 4.70. The Balaban J connectivity index is 2.16. The van der Waals surface area contributed by atoms with E-state index in [-0.39, 0.29) is 0 Å². The van der Waals surface area contributed by atoms with Gasteiger partial charge in [-0.05, 0) is 17.7 Å². The maximum atomic E-state index is 11.7. The van der Waals surface area contributed by atoms with Crippen molar-refractivity contribution < 1.29 is 4.79 Å². The number of aromatic amines is 1. The summed E-state index contributed by atoms with van der Waals surface area (Å²) >= 11 is 0. The minimum Gasteiger partial charge on any atom is -0.397 e. The summed E-state index contributed by atoms with van der Waals surface area (Å²) in [5, 5.41) is 0.852. The number of primary amides is 1. The van der Waals surface area contributed by atoms with Gasteiger partial charge in [-0.25, -0.2) is 4.98 Å². The summed E-state index contributed by atoms with van der Waals surface area (Å²) in [4.78, 5) is 19.0. The van der Waals surface area contributed by atoms with Crippen molar-refractivity contribution >= 4 is 34.3 Å². The third-order valence-corrected chi connectivity index (χ3v) is 3.23. The molecule has 0 aliphatic carbocycles. The fraction of sp³-hybridized carbons (Fsp3) is 0. The van der Waals surface area contributed by atoms with Crippen molar-refractivity contribution in [2.75, 3.05) is 5.73 Å². The van der Waals surface area contributed by atoms with Crippen molar-refractivity contribution in [3.8, 4) is 0 Å². The van der Waals surface area contributed by atoms with Crippen LogP contribution in [-0.2, 0) is 4.79 Å². The van der Waals surface area contributed by atoms with Gasteiger partial charge in [-0.3, -0.25) is 4.79 Å². The maximum Gasteiger partial charge on any atom is 0.249 e. The number of hydrogen-bond acceptors (Lipinski definition) is 3. The van der Waals surface area contributed by atoms with E-state index in [2.05, 4.69) is 9.97 Å². The van der Waals surface area contributed by atoms with Gasteiger partial charge < -0.3 is 16.5 Å². The highest BCUT2D eigenvalue weighted by Crippen LogP contribution is 2.24. The Morgan fingerprint density at radius 1 is 1.24 bits per heavy atom. The third kappa shape index (κ3) is 2.49. The van der Waals surface area contributed by atoms with E-state index in [1.54, 1.807) is 18.5 Å². The molecule has 2 heterocycles. The maximum absolute atomic E-state index is 11.7. The molecule has 2 aromatic heterocycles. The van der Waals surface area contributed by atoms with Crippen molar-refractivity contribution in [2.24, 2.45) is 5.73 Å². The number of anilines is 1. The molecule has 0 atom stereocenters. The summed E-state index contributed by atoms with van der Waals surface area (Å²) in [6.45, 7) is 0. The summed E-state index contributed by atoms with van der Waals surface area (Å²) in [5.74, 6) is -0.479. The number of carbonyl (C=O) groups excluding carboxylic acids is 1. The van der Waals surface area contributed by atoms with Gasteiger partial charge in [0.1, 0.15) is 5.65 Å². The molecule has 1 aromatic carbocycles. The van der Waals surface area contributed by atoms with E-state index in [0.29, 0.717) is 16.9 Å². The highest BCUT2D eigenvalue weighted by atomic mass is 16.1. The molecule has 0 saturated carbocycles. The van der Waals surface area contributed by atoms with Gasteiger partial charge in [-0.2, -0.15) is 0 Å². The van der Waals surface area contributed by atoms with Gasteiger partial charge >= 0.3 is 0 Å². The number of nitrogens with zero attached hydrogens (tertiary/aromatic N) is 1. The van der Waals surface area contributed by atoms with Crippen LogP contribution >= 0.6 is 0 Å². The van der Waals surface area contributed by atoms with Crippen LogP contribution in [-0.4, -0.2) is 15.9 Å². The van der Waals surface area contributed by atoms with E-state index in [9.17, 15) is 4.79 Å². The van der Waals surface area contributed by atoms with Gasteiger partial charge in [0, 0.05) is 22.7 Å². The molecular formula is C16H14N4O. The molecular weight excluding hydrogens is 264 g/mol. The molecule has 21 heavy (non-hydrogen) atoms. The number of rotatable bonds is 3. The lowest BCUT2D eigenvalue weighted by atomic mass is 10.0. The van der Waals surface area contributed by atoms with Crippen LogP contribution in [0.1, 0.15) is 11.1 Å². The van der Waals surface area contributed by atoms with E-state index in [1.165, 1.54) is 0 Å². The van der Waals surface area contributed by atoms with E-state index in [4.69, 9.17) is 11.5 Å². The Morgan fingerprint density at radius 3 is 2.71 bits per heavy atom. The van der Waals surface area contributed by atoms with Crippen LogP contribution in [0.3, 0.4) is 0 Å². The minimum atomic E-state index is -0.479. The molecule has 0 spiro atoms. The average Bonchev–Trinajstić information content (AvgIpc) is 2.87. The Bertz CT molecular complexity index is 834. The molecule has 0 fully saturated rings. The van der Waals surface area contributed by atoms with Gasteiger partial charge in [0.15, 0.2) is 0 Å². The monoisotopic (exact) mass is 278 g/mol. The third-order valence-electron chi connectivity index (χ3n) is 3.23. The van der Waals surface area contributed by atoms with Crippen LogP contribution in [0, 0.1) is 0 Å². The summed E-state index contributed by atoms with van der Waals surface area (Å²) < 4.78 is 0. The van der Waals surface area contributed by atoms with Crippen molar-refractivity contribution in [2.45, 2.75) is 0 Å². The summed E-state index contributed by atoms with van der Waals surface area (Å²) in [7, 11) is 0. The smallest absolute Gasteiger partial charge is 0.249 e. The van der Waals surface area contributed by atoms with Crippen molar-refractivity contribution in [3.63, 3.8) is 0 Å². The zero-order valence-corrected chi connectivity index (χ0v) is 11.2. The van der Waals surface area contributed by atoms with E-state index in [1.807, 2.05) is 36.4 Å². The summed E-state index contributed by atoms with van der Waals surface area (Å²) in [6.07, 6.45) is 5.11. The first kappa shape index (κ1) is 12.9. The number of pyridine rings is 1. The predicted octanol–water partition coefficient (Wildman–Crippen LogP) is 2.17. The van der Waals surface area contributed by atoms with E-state index < -0.39 is 5.91 Å². The number of benzene rings is 1. The molecule has 0 radical (unpaired) electrons. The van der Waals surface area contributed by atoms with E-state index in [0.717, 1.165) is 16.5 Å². The zero-order chi connectivity index (χ0) is 14.8. The first-order valence-corrected chi connectivity index (χ1v) is 6.44. The molecule has 104 valence electrons. The molecule has 0 saturated heterocycles. The number of nitrogens with one attached hydrogen (secondary N) is 1. The predicted molar refractivity (Wildman–Crippen MR) is 84.0 cm³/mol. The Kier molecular flexibility index (Phi) is 3.16. The quantitative estimate of drug-likeness (QED) is 0.640. The van der Waals surface area contributed by atoms with Crippen LogP contribution in [0.5, 0.6) is 0 Å². The molecule has 5 heteroatoms. The molecule has 0 aliphatic rings. The van der Waals surface area contributed by atoms with Gasteiger partial charge in [-0.1, -0.05) is 30.3 Å². The van der Waals surface area contributed by atoms with Crippen molar-refractivity contribution in [1.82, 2.24) is 9.97 Å². The lowest BCUT2D eigenvalue weighted by molar-refractivity contribution is -0.112. The SMILES string of the molecule is NC(=O)C(=Cc1c[nH]c2ncc(N)cc12)c1ccccc1. The Labute approximate surface area is 121 Å². The van der Waals surface area contributed by atoms with Crippen LogP contribution in [0.15, 0.2) is 48.8 Å². The van der Waals surface area contributed by atoms with Gasteiger partial charge in [-0.15, -0.1) is 0 Å². The number of H-pyrrole nitrogens is 1. The first-order chi connectivity index (χ1) is 10.1. The van der Waals surface area contributed by atoms with Crippen molar-refractivity contribution in [3.05, 3.63) is 59.9 Å². The Hall–Kier alpha value is -3.08. The molecule has 0 bridgehead atoms. The van der Waals surface area contributed by atoms with Crippen LogP contribution in [0.25, 0.3) is 22.7 Å². The van der Waals surface area contributed by atoms with Gasteiger partial charge in [0.2, 0.25) is 5.91 Å². The van der Waals surface area contributed by atoms with Gasteiger partial charge in [0.25, 0.3) is 0 Å². The van der Waals surface area contributed by atoms with Crippen LogP contribution in [0.2, 0.25) is 0 Å². The molecule has 0 aliphatic heterocycles. The highest BCUT2D eigenvalue weighted by molar-refractivity contribution is 6.24. The zero-order valence-electron chi connectivity index (χ0n) is 11.2. The fourth-order valence-corrected chi connectivity index (χ4v) is 2.23. The standard InChI is InChI=1S/C16H14N4O/c17-12-7-14-11(8-19-16(14)20-9-12)6-13(15(18)21)10-4-2-1-3-5-10/h1-9H,17H2,(H2,18,21)(H,19,20). The average molecular weight is 278 g/mol. The molecule has 5 N–H and O–H groups in total. The number of amides is 1. The number of fused-ring (bicyclic) bond motifs is 1. The van der Waals surface area contributed by atoms with Crippen molar-refractivity contribution in [1.29, 1.82) is 0 Å². The van der Waals surface area contributed by atoms with Gasteiger partial charge in [0.05, 0.1) is 11.9 Å². The second kappa shape index (κ2) is 5.13. The topological polar surface area (TPSA) is 97.8 Å². The lowest BCUT2D eigenvalue weighted by Gasteiger charge is -2.03. The van der Waals surface area contributed by atoms with E-state index >= 15 is 0 Å².